The monoisotopic (exact) mass is 376 g/mol. The first kappa shape index (κ1) is 22.2. The van der Waals surface area contributed by atoms with Crippen molar-refractivity contribution in [2.24, 2.45) is 5.92 Å². The van der Waals surface area contributed by atoms with Gasteiger partial charge in [-0.3, -0.25) is 0 Å². The molecule has 0 aliphatic heterocycles. The lowest BCUT2D eigenvalue weighted by Crippen LogP contribution is -2.27. The zero-order valence-corrected chi connectivity index (χ0v) is 17.6. The van der Waals surface area contributed by atoms with Crippen LogP contribution in [0, 0.1) is 5.92 Å². The van der Waals surface area contributed by atoms with Crippen LogP contribution in [-0.2, 0) is 5.41 Å². The standard InChI is InChI=1S/C24H40O3/c1-4-5-6-7-14-24(2,3)19-11-13-21(23(27)16-19)22-17-20(26)12-10-18(22)9-8-15-25/h11,13,16,18,20,22,25-27H,4-10,12,14-15,17H2,1-3H3/t18-,20?,22?/m0/s1. The Labute approximate surface area is 165 Å². The van der Waals surface area contributed by atoms with Gasteiger partial charge in [0.1, 0.15) is 5.75 Å². The van der Waals surface area contributed by atoms with Crippen molar-refractivity contribution in [3.63, 3.8) is 0 Å². The first-order valence-corrected chi connectivity index (χ1v) is 11.0. The predicted octanol–water partition coefficient (Wildman–Crippen LogP) is 5.66. The summed E-state index contributed by atoms with van der Waals surface area (Å²) >= 11 is 0. The molecule has 0 radical (unpaired) electrons. The highest BCUT2D eigenvalue weighted by Gasteiger charge is 2.32. The van der Waals surface area contributed by atoms with E-state index in [0.29, 0.717) is 18.1 Å². The van der Waals surface area contributed by atoms with E-state index >= 15 is 0 Å². The van der Waals surface area contributed by atoms with Gasteiger partial charge in [0.25, 0.3) is 0 Å². The minimum absolute atomic E-state index is 0.0616. The van der Waals surface area contributed by atoms with Crippen molar-refractivity contribution < 1.29 is 15.3 Å². The lowest BCUT2D eigenvalue weighted by Gasteiger charge is -2.35. The summed E-state index contributed by atoms with van der Waals surface area (Å²) in [4.78, 5) is 0. The molecule has 0 aromatic heterocycles. The SMILES string of the molecule is CCCCCCC(C)(C)c1ccc(C2CC(O)CC[C@@H]2CCCO)c(O)c1. The van der Waals surface area contributed by atoms with Crippen molar-refractivity contribution in [3.05, 3.63) is 29.3 Å². The van der Waals surface area contributed by atoms with Crippen molar-refractivity contribution in [1.82, 2.24) is 0 Å². The Morgan fingerprint density at radius 3 is 2.52 bits per heavy atom. The van der Waals surface area contributed by atoms with Gasteiger partial charge in [-0.15, -0.1) is 0 Å². The molecule has 1 fully saturated rings. The van der Waals surface area contributed by atoms with Crippen molar-refractivity contribution >= 4 is 0 Å². The Morgan fingerprint density at radius 1 is 1.07 bits per heavy atom. The quantitative estimate of drug-likeness (QED) is 0.462. The zero-order chi connectivity index (χ0) is 19.9. The molecule has 0 spiro atoms. The van der Waals surface area contributed by atoms with E-state index in [1.54, 1.807) is 0 Å². The van der Waals surface area contributed by atoms with E-state index in [0.717, 1.165) is 37.7 Å². The number of aliphatic hydroxyl groups is 2. The van der Waals surface area contributed by atoms with Crippen LogP contribution in [0.15, 0.2) is 18.2 Å². The number of hydrogen-bond acceptors (Lipinski definition) is 3. The van der Waals surface area contributed by atoms with E-state index in [2.05, 4.69) is 32.9 Å². The highest BCUT2D eigenvalue weighted by atomic mass is 16.3. The number of benzene rings is 1. The zero-order valence-electron chi connectivity index (χ0n) is 17.6. The number of phenolic OH excluding ortho intramolecular Hbond substituents is 1. The highest BCUT2D eigenvalue weighted by molar-refractivity contribution is 5.42. The molecule has 1 aromatic carbocycles. The maximum absolute atomic E-state index is 10.8. The molecule has 2 rings (SSSR count). The smallest absolute Gasteiger partial charge is 0.119 e. The minimum Gasteiger partial charge on any atom is -0.508 e. The fraction of sp³-hybridized carbons (Fsp3) is 0.750. The normalized spacial score (nSPS) is 23.5. The molecule has 3 atom stereocenters. The molecule has 0 saturated heterocycles. The average Bonchev–Trinajstić information content (AvgIpc) is 2.64. The molecule has 1 aromatic rings. The summed E-state index contributed by atoms with van der Waals surface area (Å²) < 4.78 is 0. The van der Waals surface area contributed by atoms with Crippen LogP contribution in [0.2, 0.25) is 0 Å². The van der Waals surface area contributed by atoms with Gasteiger partial charge in [-0.1, -0.05) is 58.6 Å². The largest absolute Gasteiger partial charge is 0.508 e. The Hall–Kier alpha value is -1.06. The van der Waals surface area contributed by atoms with Gasteiger partial charge in [0.05, 0.1) is 6.10 Å². The minimum atomic E-state index is -0.283. The van der Waals surface area contributed by atoms with Crippen LogP contribution < -0.4 is 0 Å². The van der Waals surface area contributed by atoms with Crippen LogP contribution in [0.1, 0.15) is 102 Å². The summed E-state index contributed by atoms with van der Waals surface area (Å²) in [6.45, 7) is 6.98. The van der Waals surface area contributed by atoms with Crippen LogP contribution in [0.5, 0.6) is 5.75 Å². The molecule has 1 saturated carbocycles. The summed E-state index contributed by atoms with van der Waals surface area (Å²) in [5.41, 5.74) is 2.23. The van der Waals surface area contributed by atoms with Crippen LogP contribution in [-0.4, -0.2) is 28.0 Å². The predicted molar refractivity (Wildman–Crippen MR) is 112 cm³/mol. The second kappa shape index (κ2) is 10.5. The number of phenols is 1. The number of rotatable bonds is 10. The molecule has 1 aliphatic rings. The van der Waals surface area contributed by atoms with Gasteiger partial charge < -0.3 is 15.3 Å². The molecule has 3 N–H and O–H groups in total. The van der Waals surface area contributed by atoms with Crippen molar-refractivity contribution in [2.45, 2.75) is 102 Å². The number of aromatic hydroxyl groups is 1. The van der Waals surface area contributed by atoms with Gasteiger partial charge in [-0.25, -0.2) is 0 Å². The molecule has 1 aliphatic carbocycles. The number of hydrogen-bond donors (Lipinski definition) is 3. The Bertz CT molecular complexity index is 565. The third kappa shape index (κ3) is 6.22. The Morgan fingerprint density at radius 2 is 1.85 bits per heavy atom. The number of aliphatic hydroxyl groups excluding tert-OH is 2. The van der Waals surface area contributed by atoms with Gasteiger partial charge in [-0.05, 0) is 73.0 Å². The fourth-order valence-electron chi connectivity index (χ4n) is 4.71. The van der Waals surface area contributed by atoms with E-state index in [9.17, 15) is 15.3 Å². The highest BCUT2D eigenvalue weighted by Crippen LogP contribution is 2.44. The molecule has 3 heteroatoms. The molecule has 154 valence electrons. The molecule has 0 amide bonds. The fourth-order valence-corrected chi connectivity index (χ4v) is 4.71. The van der Waals surface area contributed by atoms with Gasteiger partial charge in [0.2, 0.25) is 0 Å². The van der Waals surface area contributed by atoms with Crippen LogP contribution >= 0.6 is 0 Å². The van der Waals surface area contributed by atoms with E-state index < -0.39 is 0 Å². The topological polar surface area (TPSA) is 60.7 Å². The van der Waals surface area contributed by atoms with Gasteiger partial charge in [0.15, 0.2) is 0 Å². The average molecular weight is 377 g/mol. The first-order valence-electron chi connectivity index (χ1n) is 11.0. The van der Waals surface area contributed by atoms with E-state index in [1.165, 1.54) is 31.2 Å². The molecule has 2 unspecified atom stereocenters. The van der Waals surface area contributed by atoms with Crippen molar-refractivity contribution in [2.75, 3.05) is 6.61 Å². The van der Waals surface area contributed by atoms with E-state index in [-0.39, 0.29) is 24.0 Å². The van der Waals surface area contributed by atoms with Gasteiger partial charge in [0, 0.05) is 6.61 Å². The van der Waals surface area contributed by atoms with Gasteiger partial charge in [-0.2, -0.15) is 0 Å². The maximum Gasteiger partial charge on any atom is 0.119 e. The molecule has 27 heavy (non-hydrogen) atoms. The van der Waals surface area contributed by atoms with Crippen molar-refractivity contribution in [1.29, 1.82) is 0 Å². The molecular weight excluding hydrogens is 336 g/mol. The summed E-state index contributed by atoms with van der Waals surface area (Å²) in [6.07, 6.45) is 10.1. The number of unbranched alkanes of at least 4 members (excludes halogenated alkanes) is 3. The summed E-state index contributed by atoms with van der Waals surface area (Å²) in [5, 5.41) is 30.2. The maximum atomic E-state index is 10.8. The van der Waals surface area contributed by atoms with E-state index in [1.807, 2.05) is 6.07 Å². The Kier molecular flexibility index (Phi) is 8.62. The van der Waals surface area contributed by atoms with E-state index in [4.69, 9.17) is 0 Å². The third-order valence-corrected chi connectivity index (χ3v) is 6.57. The van der Waals surface area contributed by atoms with Crippen LogP contribution in [0.3, 0.4) is 0 Å². The second-order valence-electron chi connectivity index (χ2n) is 9.17. The lowest BCUT2D eigenvalue weighted by atomic mass is 9.71. The second-order valence-corrected chi connectivity index (χ2v) is 9.17. The lowest BCUT2D eigenvalue weighted by molar-refractivity contribution is 0.0879. The van der Waals surface area contributed by atoms with Crippen LogP contribution in [0.25, 0.3) is 0 Å². The van der Waals surface area contributed by atoms with Crippen LogP contribution in [0.4, 0.5) is 0 Å². The third-order valence-electron chi connectivity index (χ3n) is 6.57. The summed E-state index contributed by atoms with van der Waals surface area (Å²) in [6, 6.07) is 6.23. The Balaban J connectivity index is 2.13. The summed E-state index contributed by atoms with van der Waals surface area (Å²) in [7, 11) is 0. The first-order chi connectivity index (χ1) is 12.9. The molecule has 0 heterocycles. The molecule has 3 nitrogen and oxygen atoms in total. The molecule has 0 bridgehead atoms. The summed E-state index contributed by atoms with van der Waals surface area (Å²) in [5.74, 6) is 0.989. The van der Waals surface area contributed by atoms with Gasteiger partial charge >= 0.3 is 0 Å². The van der Waals surface area contributed by atoms with Crippen molar-refractivity contribution in [3.8, 4) is 5.75 Å². The molecular formula is C24H40O3.